The molecule has 0 fully saturated rings. The molecule has 0 bridgehead atoms. The standard InChI is InChI=1S/C38H25BOS/c1-3-14-26(15-4-1)41(27-16-5-2-6-17-27)34-24-12-11-22-32(34)39-36-30-20-9-7-18-28(30)29-19-8-10-21-31(29)38(36)40-33-23-13-25-35(41)37(33)39/h1-25H. The summed E-state index contributed by atoms with van der Waals surface area (Å²) in [5.41, 5.74) is 3.96. The maximum atomic E-state index is 7.04. The SMILES string of the molecule is c1ccc(S2(c3ccccc3)c3ccccc3B3c4c(cccc42)Oc2c3c3ccccc3c3ccccc23)cc1. The van der Waals surface area contributed by atoms with Crippen molar-refractivity contribution in [2.24, 2.45) is 0 Å². The van der Waals surface area contributed by atoms with Gasteiger partial charge in [0.1, 0.15) is 11.5 Å². The number of hydrogen-bond donors (Lipinski definition) is 0. The van der Waals surface area contributed by atoms with Crippen molar-refractivity contribution in [3.05, 3.63) is 152 Å². The predicted molar refractivity (Wildman–Crippen MR) is 173 cm³/mol. The van der Waals surface area contributed by atoms with Crippen molar-refractivity contribution in [3.63, 3.8) is 0 Å². The Hall–Kier alpha value is -4.73. The van der Waals surface area contributed by atoms with E-state index in [4.69, 9.17) is 4.74 Å². The van der Waals surface area contributed by atoms with Gasteiger partial charge in [-0.25, -0.2) is 0 Å². The lowest BCUT2D eigenvalue weighted by atomic mass is 9.35. The lowest BCUT2D eigenvalue weighted by molar-refractivity contribution is 0.492. The molecule has 0 atom stereocenters. The zero-order chi connectivity index (χ0) is 27.0. The Morgan fingerprint density at radius 3 is 1.66 bits per heavy atom. The predicted octanol–water partition coefficient (Wildman–Crippen LogP) is 8.27. The molecule has 0 saturated carbocycles. The molecule has 1 nitrogen and oxygen atoms in total. The van der Waals surface area contributed by atoms with Crippen LogP contribution in [0.5, 0.6) is 11.5 Å². The minimum Gasteiger partial charge on any atom is -0.458 e. The summed E-state index contributed by atoms with van der Waals surface area (Å²) in [5.74, 6) is 1.96. The van der Waals surface area contributed by atoms with Crippen LogP contribution in [0.2, 0.25) is 0 Å². The Bertz CT molecular complexity index is 2100. The summed E-state index contributed by atoms with van der Waals surface area (Å²) < 4.78 is 7.04. The van der Waals surface area contributed by atoms with E-state index in [9.17, 15) is 0 Å². The van der Waals surface area contributed by atoms with Crippen molar-refractivity contribution in [3.8, 4) is 11.5 Å². The average Bonchev–Trinajstić information content (AvgIpc) is 3.06. The van der Waals surface area contributed by atoms with Crippen LogP contribution in [-0.4, -0.2) is 6.71 Å². The summed E-state index contributed by atoms with van der Waals surface area (Å²) in [6.07, 6.45) is 0. The van der Waals surface area contributed by atoms with Gasteiger partial charge >= 0.3 is 0 Å². The monoisotopic (exact) mass is 540 g/mol. The minimum atomic E-state index is -1.78. The van der Waals surface area contributed by atoms with Crippen LogP contribution < -0.4 is 21.1 Å². The van der Waals surface area contributed by atoms with Crippen molar-refractivity contribution < 1.29 is 4.74 Å². The van der Waals surface area contributed by atoms with Gasteiger partial charge in [-0.15, -0.1) is 10.0 Å². The maximum Gasteiger partial charge on any atom is 0.254 e. The molecule has 192 valence electrons. The molecule has 0 spiro atoms. The quantitative estimate of drug-likeness (QED) is 0.158. The van der Waals surface area contributed by atoms with Crippen LogP contribution in [-0.2, 0) is 0 Å². The Kier molecular flexibility index (Phi) is 4.85. The normalized spacial score (nSPS) is 15.0. The summed E-state index contributed by atoms with van der Waals surface area (Å²) in [6.45, 7) is 0.0729. The van der Waals surface area contributed by atoms with Gasteiger partial charge < -0.3 is 4.74 Å². The topological polar surface area (TPSA) is 9.23 Å². The molecular weight excluding hydrogens is 515 g/mol. The molecule has 0 N–H and O–H groups in total. The van der Waals surface area contributed by atoms with E-state index in [0.29, 0.717) is 0 Å². The summed E-state index contributed by atoms with van der Waals surface area (Å²) in [7, 11) is -1.78. The van der Waals surface area contributed by atoms with Gasteiger partial charge in [-0.05, 0) is 74.4 Å². The Morgan fingerprint density at radius 1 is 0.415 bits per heavy atom. The van der Waals surface area contributed by atoms with Gasteiger partial charge in [-0.3, -0.25) is 0 Å². The van der Waals surface area contributed by atoms with Crippen molar-refractivity contribution in [2.45, 2.75) is 19.6 Å². The van der Waals surface area contributed by atoms with E-state index in [1.165, 1.54) is 57.5 Å². The molecule has 0 amide bonds. The van der Waals surface area contributed by atoms with Crippen LogP contribution in [0, 0.1) is 0 Å². The van der Waals surface area contributed by atoms with Crippen molar-refractivity contribution in [2.75, 3.05) is 0 Å². The molecule has 0 aliphatic carbocycles. The highest BCUT2D eigenvalue weighted by molar-refractivity contribution is 8.34. The van der Waals surface area contributed by atoms with E-state index in [-0.39, 0.29) is 6.71 Å². The van der Waals surface area contributed by atoms with Crippen LogP contribution in [0.25, 0.3) is 21.5 Å². The van der Waals surface area contributed by atoms with E-state index in [0.717, 1.165) is 11.5 Å². The van der Waals surface area contributed by atoms with E-state index in [2.05, 4.69) is 152 Å². The first kappa shape index (κ1) is 23.0. The molecule has 0 aromatic heterocycles. The van der Waals surface area contributed by atoms with E-state index in [1.54, 1.807) is 0 Å². The molecule has 2 heterocycles. The highest BCUT2D eigenvalue weighted by Crippen LogP contribution is 2.74. The average molecular weight is 540 g/mol. The molecule has 0 radical (unpaired) electrons. The zero-order valence-corrected chi connectivity index (χ0v) is 23.1. The van der Waals surface area contributed by atoms with Gasteiger partial charge in [-0.2, -0.15) is 0 Å². The van der Waals surface area contributed by atoms with Crippen LogP contribution in [0.1, 0.15) is 0 Å². The first-order chi connectivity index (χ1) is 20.4. The van der Waals surface area contributed by atoms with Gasteiger partial charge in [-0.1, -0.05) is 115 Å². The minimum absolute atomic E-state index is 0.0729. The lowest BCUT2D eigenvalue weighted by Gasteiger charge is -2.49. The van der Waals surface area contributed by atoms with Gasteiger partial charge in [0.05, 0.1) is 0 Å². The van der Waals surface area contributed by atoms with Crippen molar-refractivity contribution >= 4 is 54.7 Å². The van der Waals surface area contributed by atoms with Crippen molar-refractivity contribution in [1.82, 2.24) is 0 Å². The molecule has 9 rings (SSSR count). The number of benzene rings is 7. The van der Waals surface area contributed by atoms with Gasteiger partial charge in [0.15, 0.2) is 0 Å². The lowest BCUT2D eigenvalue weighted by Crippen LogP contribution is -2.59. The molecule has 2 aliphatic heterocycles. The van der Waals surface area contributed by atoms with E-state index in [1.807, 2.05) is 0 Å². The van der Waals surface area contributed by atoms with Gasteiger partial charge in [0, 0.05) is 20.1 Å². The number of rotatable bonds is 2. The highest BCUT2D eigenvalue weighted by atomic mass is 32.3. The molecule has 41 heavy (non-hydrogen) atoms. The fraction of sp³-hybridized carbons (Fsp3) is 0. The molecule has 0 saturated heterocycles. The second-order valence-electron chi connectivity index (χ2n) is 10.8. The largest absolute Gasteiger partial charge is 0.458 e. The van der Waals surface area contributed by atoms with E-state index < -0.39 is 10.0 Å². The third-order valence-electron chi connectivity index (χ3n) is 8.82. The molecule has 7 aromatic rings. The number of ether oxygens (including phenoxy) is 1. The number of fused-ring (bicyclic) bond motifs is 9. The summed E-state index contributed by atoms with van der Waals surface area (Å²) in [6, 6.07) is 55.7. The molecule has 2 aliphatic rings. The summed E-state index contributed by atoms with van der Waals surface area (Å²) >= 11 is 0. The molecule has 0 unspecified atom stereocenters. The van der Waals surface area contributed by atoms with Gasteiger partial charge in [0.2, 0.25) is 0 Å². The zero-order valence-electron chi connectivity index (χ0n) is 22.3. The van der Waals surface area contributed by atoms with Crippen LogP contribution in [0.4, 0.5) is 0 Å². The second-order valence-corrected chi connectivity index (χ2v) is 13.9. The third-order valence-corrected chi connectivity index (χ3v) is 12.8. The fourth-order valence-corrected chi connectivity index (χ4v) is 11.6. The maximum absolute atomic E-state index is 7.04. The van der Waals surface area contributed by atoms with Crippen LogP contribution in [0.15, 0.2) is 171 Å². The van der Waals surface area contributed by atoms with Gasteiger partial charge in [0.25, 0.3) is 6.71 Å². The highest BCUT2D eigenvalue weighted by Gasteiger charge is 2.48. The summed E-state index contributed by atoms with van der Waals surface area (Å²) in [5, 5.41) is 4.95. The van der Waals surface area contributed by atoms with Crippen molar-refractivity contribution in [1.29, 1.82) is 0 Å². The molecule has 7 aromatic carbocycles. The third kappa shape index (κ3) is 2.99. The molecular formula is C38H25BOS. The Morgan fingerprint density at radius 2 is 0.951 bits per heavy atom. The fourth-order valence-electron chi connectivity index (χ4n) is 7.27. The Labute approximate surface area is 241 Å². The van der Waals surface area contributed by atoms with E-state index >= 15 is 0 Å². The smallest absolute Gasteiger partial charge is 0.254 e. The van der Waals surface area contributed by atoms with Crippen LogP contribution in [0.3, 0.4) is 0 Å². The first-order valence-corrected chi connectivity index (χ1v) is 15.8. The number of hydrogen-bond acceptors (Lipinski definition) is 1. The Balaban J connectivity index is 1.48. The first-order valence-electron chi connectivity index (χ1n) is 14.1. The molecule has 3 heteroatoms. The second kappa shape index (κ2) is 8.64. The summed E-state index contributed by atoms with van der Waals surface area (Å²) in [4.78, 5) is 5.48. The van der Waals surface area contributed by atoms with Crippen LogP contribution >= 0.6 is 10.0 Å².